The fourth-order valence-corrected chi connectivity index (χ4v) is 3.94. The van der Waals surface area contributed by atoms with Crippen LogP contribution in [0.5, 0.6) is 0 Å². The molecule has 4 rings (SSSR count). The van der Waals surface area contributed by atoms with Gasteiger partial charge >= 0.3 is 0 Å². The number of para-hydroxylation sites is 1. The monoisotopic (exact) mass is 416 g/mol. The molecule has 160 valence electrons. The lowest BCUT2D eigenvalue weighted by Gasteiger charge is -2.34. The van der Waals surface area contributed by atoms with Crippen LogP contribution in [-0.2, 0) is 6.54 Å². The fraction of sp³-hybridized carbons (Fsp3) is 0.280. The molecule has 0 saturated carbocycles. The summed E-state index contributed by atoms with van der Waals surface area (Å²) in [4.78, 5) is 18.3. The highest BCUT2D eigenvalue weighted by Crippen LogP contribution is 2.38. The first kappa shape index (κ1) is 20.9. The number of hydrogen-bond acceptors (Lipinski definition) is 5. The molecule has 0 amide bonds. The summed E-state index contributed by atoms with van der Waals surface area (Å²) in [6.07, 6.45) is 0. The zero-order valence-electron chi connectivity index (χ0n) is 18.1. The van der Waals surface area contributed by atoms with E-state index in [2.05, 4.69) is 48.0 Å². The van der Waals surface area contributed by atoms with Crippen LogP contribution in [0.3, 0.4) is 0 Å². The van der Waals surface area contributed by atoms with E-state index in [1.54, 1.807) is 6.07 Å². The summed E-state index contributed by atoms with van der Waals surface area (Å²) in [5.74, 6) is 0. The molecule has 1 heterocycles. The van der Waals surface area contributed by atoms with Crippen molar-refractivity contribution < 1.29 is 4.92 Å². The van der Waals surface area contributed by atoms with Crippen LogP contribution in [0.25, 0.3) is 0 Å². The summed E-state index contributed by atoms with van der Waals surface area (Å²) in [6, 6.07) is 23.7. The average molecular weight is 417 g/mol. The Morgan fingerprint density at radius 3 is 2.26 bits per heavy atom. The lowest BCUT2D eigenvalue weighted by molar-refractivity contribution is -0.384. The number of aryl methyl sites for hydroxylation is 1. The summed E-state index contributed by atoms with van der Waals surface area (Å²) in [5, 5.41) is 11.9. The second-order valence-corrected chi connectivity index (χ2v) is 8.13. The van der Waals surface area contributed by atoms with Gasteiger partial charge in [0.2, 0.25) is 0 Å². The maximum absolute atomic E-state index is 11.9. The molecule has 1 aliphatic rings. The number of piperazine rings is 1. The third kappa shape index (κ3) is 4.86. The van der Waals surface area contributed by atoms with Crippen molar-refractivity contribution in [3.8, 4) is 0 Å². The van der Waals surface area contributed by atoms with Gasteiger partial charge in [-0.05, 0) is 43.8 Å². The molecular formula is C25H28N4O2. The molecular weight excluding hydrogens is 388 g/mol. The minimum Gasteiger partial charge on any atom is -0.369 e. The number of hydrogen-bond donors (Lipinski definition) is 0. The molecule has 6 heteroatoms. The number of anilines is 3. The third-order valence-corrected chi connectivity index (χ3v) is 5.84. The van der Waals surface area contributed by atoms with Gasteiger partial charge in [0.1, 0.15) is 5.69 Å². The van der Waals surface area contributed by atoms with E-state index in [4.69, 9.17) is 0 Å². The minimum atomic E-state index is -0.284. The number of nitro benzene ring substituents is 1. The number of nitro groups is 1. The average Bonchev–Trinajstić information content (AvgIpc) is 2.79. The maximum Gasteiger partial charge on any atom is 0.293 e. The largest absolute Gasteiger partial charge is 0.369 e. The molecule has 0 spiro atoms. The first-order valence-electron chi connectivity index (χ1n) is 10.6. The van der Waals surface area contributed by atoms with Gasteiger partial charge in [-0.1, -0.05) is 48.0 Å². The SMILES string of the molecule is Cc1ccc(CN(c2ccccc2)c2cc(N3CCN(C)CC3)ccc2[N+](=O)[O-])cc1. The number of rotatable bonds is 6. The highest BCUT2D eigenvalue weighted by Gasteiger charge is 2.24. The van der Waals surface area contributed by atoms with Crippen LogP contribution >= 0.6 is 0 Å². The van der Waals surface area contributed by atoms with Crippen molar-refractivity contribution in [2.45, 2.75) is 13.5 Å². The van der Waals surface area contributed by atoms with Gasteiger partial charge in [0.25, 0.3) is 5.69 Å². The molecule has 31 heavy (non-hydrogen) atoms. The molecule has 1 saturated heterocycles. The van der Waals surface area contributed by atoms with Crippen LogP contribution < -0.4 is 9.80 Å². The molecule has 3 aromatic rings. The summed E-state index contributed by atoms with van der Waals surface area (Å²) in [7, 11) is 2.12. The fourth-order valence-electron chi connectivity index (χ4n) is 3.94. The molecule has 0 bridgehead atoms. The van der Waals surface area contributed by atoms with E-state index in [-0.39, 0.29) is 10.6 Å². The molecule has 1 aliphatic heterocycles. The molecule has 0 N–H and O–H groups in total. The smallest absolute Gasteiger partial charge is 0.293 e. The molecule has 6 nitrogen and oxygen atoms in total. The predicted octanol–water partition coefficient (Wildman–Crippen LogP) is 4.99. The number of likely N-dealkylation sites (N-methyl/N-ethyl adjacent to an activating group) is 1. The van der Waals surface area contributed by atoms with Crippen molar-refractivity contribution in [3.05, 3.63) is 94.0 Å². The number of benzene rings is 3. The molecule has 0 aliphatic carbocycles. The van der Waals surface area contributed by atoms with Gasteiger partial charge in [0, 0.05) is 50.2 Å². The van der Waals surface area contributed by atoms with Crippen molar-refractivity contribution in [2.75, 3.05) is 43.0 Å². The Labute approximate surface area is 183 Å². The van der Waals surface area contributed by atoms with Crippen molar-refractivity contribution >= 4 is 22.7 Å². The molecule has 0 aromatic heterocycles. The van der Waals surface area contributed by atoms with Crippen molar-refractivity contribution in [3.63, 3.8) is 0 Å². The molecule has 0 unspecified atom stereocenters. The van der Waals surface area contributed by atoms with Gasteiger partial charge in [0.15, 0.2) is 0 Å². The van der Waals surface area contributed by atoms with Crippen LogP contribution in [0.2, 0.25) is 0 Å². The Hall–Kier alpha value is -3.38. The van der Waals surface area contributed by atoms with Gasteiger partial charge in [-0.3, -0.25) is 10.1 Å². The van der Waals surface area contributed by atoms with Crippen molar-refractivity contribution in [1.29, 1.82) is 0 Å². The minimum absolute atomic E-state index is 0.119. The first-order valence-corrected chi connectivity index (χ1v) is 10.6. The van der Waals surface area contributed by atoms with Gasteiger partial charge < -0.3 is 14.7 Å². The lowest BCUT2D eigenvalue weighted by Crippen LogP contribution is -2.44. The highest BCUT2D eigenvalue weighted by molar-refractivity contribution is 5.76. The number of nitrogens with zero attached hydrogens (tertiary/aromatic N) is 4. The summed E-state index contributed by atoms with van der Waals surface area (Å²) >= 11 is 0. The zero-order chi connectivity index (χ0) is 21.8. The zero-order valence-corrected chi connectivity index (χ0v) is 18.1. The van der Waals surface area contributed by atoms with Gasteiger partial charge in [-0.25, -0.2) is 0 Å². The van der Waals surface area contributed by atoms with Crippen LogP contribution in [0.1, 0.15) is 11.1 Å². The van der Waals surface area contributed by atoms with E-state index in [1.807, 2.05) is 47.4 Å². The molecule has 3 aromatic carbocycles. The topological polar surface area (TPSA) is 52.9 Å². The van der Waals surface area contributed by atoms with Crippen molar-refractivity contribution in [1.82, 2.24) is 4.90 Å². The Kier molecular flexibility index (Phi) is 6.18. The van der Waals surface area contributed by atoms with Crippen LogP contribution in [0, 0.1) is 17.0 Å². The first-order chi connectivity index (χ1) is 15.0. The summed E-state index contributed by atoms with van der Waals surface area (Å²) in [6.45, 7) is 6.41. The van der Waals surface area contributed by atoms with Crippen LogP contribution in [0.15, 0.2) is 72.8 Å². The summed E-state index contributed by atoms with van der Waals surface area (Å²) < 4.78 is 0. The Morgan fingerprint density at radius 2 is 1.61 bits per heavy atom. The highest BCUT2D eigenvalue weighted by atomic mass is 16.6. The van der Waals surface area contributed by atoms with E-state index in [0.29, 0.717) is 12.2 Å². The Bertz CT molecular complexity index is 1030. The van der Waals surface area contributed by atoms with E-state index in [9.17, 15) is 10.1 Å². The molecule has 1 fully saturated rings. The third-order valence-electron chi connectivity index (χ3n) is 5.84. The van der Waals surface area contributed by atoms with Crippen molar-refractivity contribution in [2.24, 2.45) is 0 Å². The van der Waals surface area contributed by atoms with Gasteiger partial charge in [0.05, 0.1) is 4.92 Å². The van der Waals surface area contributed by atoms with Crippen LogP contribution in [-0.4, -0.2) is 43.0 Å². The molecule has 0 atom stereocenters. The van der Waals surface area contributed by atoms with E-state index in [1.165, 1.54) is 5.56 Å². The van der Waals surface area contributed by atoms with E-state index in [0.717, 1.165) is 43.1 Å². The van der Waals surface area contributed by atoms with E-state index >= 15 is 0 Å². The quantitative estimate of drug-likeness (QED) is 0.418. The second kappa shape index (κ2) is 9.18. The Balaban J connectivity index is 1.77. The second-order valence-electron chi connectivity index (χ2n) is 8.13. The Morgan fingerprint density at radius 1 is 0.935 bits per heavy atom. The predicted molar refractivity (Wildman–Crippen MR) is 126 cm³/mol. The maximum atomic E-state index is 11.9. The van der Waals surface area contributed by atoms with Crippen LogP contribution in [0.4, 0.5) is 22.7 Å². The normalized spacial score (nSPS) is 14.5. The summed E-state index contributed by atoms with van der Waals surface area (Å²) in [5.41, 5.74) is 4.99. The lowest BCUT2D eigenvalue weighted by atomic mass is 10.1. The van der Waals surface area contributed by atoms with Gasteiger partial charge in [-0.15, -0.1) is 0 Å². The molecule has 0 radical (unpaired) electrons. The van der Waals surface area contributed by atoms with E-state index < -0.39 is 0 Å². The standard InChI is InChI=1S/C25H28N4O2/c1-20-8-10-21(11-9-20)19-28(22-6-4-3-5-7-22)25-18-23(12-13-24(25)29(30)31)27-16-14-26(2)15-17-27/h3-13,18H,14-17,19H2,1-2H3. The van der Waals surface area contributed by atoms with Gasteiger partial charge in [-0.2, -0.15) is 0 Å².